The number of nitrogens with one attached hydrogen (secondary N) is 1. The number of likely N-dealkylation sites (N-methyl/N-ethyl adjacent to an activating group) is 1. The maximum absolute atomic E-state index is 3.81. The summed E-state index contributed by atoms with van der Waals surface area (Å²) in [6, 6.07) is 2.41. The summed E-state index contributed by atoms with van der Waals surface area (Å²) in [6.45, 7) is 8.80. The molecule has 0 radical (unpaired) electrons. The fourth-order valence-electron chi connectivity index (χ4n) is 4.88. The molecule has 0 aromatic carbocycles. The van der Waals surface area contributed by atoms with E-state index in [9.17, 15) is 0 Å². The van der Waals surface area contributed by atoms with Crippen LogP contribution in [-0.4, -0.2) is 60.6 Å². The van der Waals surface area contributed by atoms with Crippen molar-refractivity contribution < 1.29 is 0 Å². The SMILES string of the molecule is CCNC1CCCCCCC1N1CCC(N2CCCC2)C1. The normalized spacial score (nSPS) is 36.7. The molecule has 2 saturated heterocycles. The Kier molecular flexibility index (Phi) is 5.96. The molecule has 21 heavy (non-hydrogen) atoms. The summed E-state index contributed by atoms with van der Waals surface area (Å²) < 4.78 is 0. The third kappa shape index (κ3) is 4.00. The molecule has 3 heteroatoms. The minimum atomic E-state index is 0.743. The van der Waals surface area contributed by atoms with Gasteiger partial charge in [-0.1, -0.05) is 32.6 Å². The Morgan fingerprint density at radius 2 is 1.57 bits per heavy atom. The van der Waals surface area contributed by atoms with E-state index in [0.29, 0.717) is 0 Å². The van der Waals surface area contributed by atoms with E-state index in [0.717, 1.165) is 24.7 Å². The lowest BCUT2D eigenvalue weighted by Crippen LogP contribution is -2.50. The second-order valence-corrected chi connectivity index (χ2v) is 7.40. The van der Waals surface area contributed by atoms with Gasteiger partial charge in [-0.2, -0.15) is 0 Å². The lowest BCUT2D eigenvalue weighted by atomic mass is 9.91. The highest BCUT2D eigenvalue weighted by molar-refractivity contribution is 4.93. The first-order valence-electron chi connectivity index (χ1n) is 9.60. The van der Waals surface area contributed by atoms with E-state index < -0.39 is 0 Å². The van der Waals surface area contributed by atoms with Gasteiger partial charge in [0.05, 0.1) is 0 Å². The molecule has 0 aromatic heterocycles. The number of hydrogen-bond donors (Lipinski definition) is 1. The fourth-order valence-corrected chi connectivity index (χ4v) is 4.88. The summed E-state index contributed by atoms with van der Waals surface area (Å²) in [7, 11) is 0. The maximum atomic E-state index is 3.81. The number of likely N-dealkylation sites (tertiary alicyclic amines) is 2. The van der Waals surface area contributed by atoms with E-state index in [4.69, 9.17) is 0 Å². The largest absolute Gasteiger partial charge is 0.313 e. The van der Waals surface area contributed by atoms with E-state index in [1.165, 1.54) is 84.0 Å². The summed E-state index contributed by atoms with van der Waals surface area (Å²) in [5, 5.41) is 3.81. The molecule has 3 rings (SSSR count). The standard InChI is InChI=1S/C18H35N3/c1-2-19-17-9-5-3-4-6-10-18(17)21-14-11-16(15-21)20-12-7-8-13-20/h16-19H,2-15H2,1H3. The van der Waals surface area contributed by atoms with Gasteiger partial charge in [0.1, 0.15) is 0 Å². The molecule has 2 heterocycles. The van der Waals surface area contributed by atoms with Crippen molar-refractivity contribution in [3.8, 4) is 0 Å². The predicted octanol–water partition coefficient (Wildman–Crippen LogP) is 2.86. The van der Waals surface area contributed by atoms with Crippen LogP contribution in [0.15, 0.2) is 0 Å². The van der Waals surface area contributed by atoms with Gasteiger partial charge in [0.2, 0.25) is 0 Å². The summed E-state index contributed by atoms with van der Waals surface area (Å²) in [5.74, 6) is 0. The van der Waals surface area contributed by atoms with Crippen molar-refractivity contribution in [2.75, 3.05) is 32.7 Å². The van der Waals surface area contributed by atoms with Gasteiger partial charge in [-0.05, 0) is 51.7 Å². The van der Waals surface area contributed by atoms with Gasteiger partial charge in [0, 0.05) is 31.2 Å². The molecule has 3 atom stereocenters. The highest BCUT2D eigenvalue weighted by Crippen LogP contribution is 2.27. The van der Waals surface area contributed by atoms with Crippen LogP contribution in [0.4, 0.5) is 0 Å². The van der Waals surface area contributed by atoms with Crippen LogP contribution in [0.2, 0.25) is 0 Å². The monoisotopic (exact) mass is 293 g/mol. The Labute approximate surface area is 131 Å². The van der Waals surface area contributed by atoms with Gasteiger partial charge in [0.25, 0.3) is 0 Å². The molecule has 3 unspecified atom stereocenters. The molecule has 1 saturated carbocycles. The maximum Gasteiger partial charge on any atom is 0.0250 e. The summed E-state index contributed by atoms with van der Waals surface area (Å²) in [5.41, 5.74) is 0. The Hall–Kier alpha value is -0.120. The van der Waals surface area contributed by atoms with E-state index in [-0.39, 0.29) is 0 Å². The van der Waals surface area contributed by atoms with Gasteiger partial charge in [-0.3, -0.25) is 9.80 Å². The zero-order valence-electron chi connectivity index (χ0n) is 14.0. The molecule has 2 aliphatic heterocycles. The van der Waals surface area contributed by atoms with Crippen LogP contribution >= 0.6 is 0 Å². The quantitative estimate of drug-likeness (QED) is 0.860. The van der Waals surface area contributed by atoms with Crippen molar-refractivity contribution in [1.82, 2.24) is 15.1 Å². The van der Waals surface area contributed by atoms with Crippen LogP contribution in [0.5, 0.6) is 0 Å². The molecule has 1 N–H and O–H groups in total. The van der Waals surface area contributed by atoms with Crippen molar-refractivity contribution >= 4 is 0 Å². The van der Waals surface area contributed by atoms with E-state index in [2.05, 4.69) is 22.0 Å². The fraction of sp³-hybridized carbons (Fsp3) is 1.00. The Bertz CT molecular complexity index is 301. The van der Waals surface area contributed by atoms with Crippen molar-refractivity contribution in [1.29, 1.82) is 0 Å². The minimum absolute atomic E-state index is 0.743. The number of nitrogens with zero attached hydrogens (tertiary/aromatic N) is 2. The molecular formula is C18H35N3. The van der Waals surface area contributed by atoms with E-state index in [1.54, 1.807) is 0 Å². The van der Waals surface area contributed by atoms with E-state index >= 15 is 0 Å². The second kappa shape index (κ2) is 7.94. The van der Waals surface area contributed by atoms with Crippen LogP contribution in [0, 0.1) is 0 Å². The summed E-state index contributed by atoms with van der Waals surface area (Å²) in [4.78, 5) is 5.62. The molecule has 0 aromatic rings. The molecular weight excluding hydrogens is 258 g/mol. The Morgan fingerprint density at radius 1 is 0.810 bits per heavy atom. The highest BCUT2D eigenvalue weighted by Gasteiger charge is 2.35. The first kappa shape index (κ1) is 15.8. The van der Waals surface area contributed by atoms with Gasteiger partial charge >= 0.3 is 0 Å². The highest BCUT2D eigenvalue weighted by atomic mass is 15.3. The summed E-state index contributed by atoms with van der Waals surface area (Å²) in [6.07, 6.45) is 12.9. The van der Waals surface area contributed by atoms with Crippen molar-refractivity contribution in [2.45, 2.75) is 82.8 Å². The van der Waals surface area contributed by atoms with Crippen LogP contribution in [0.1, 0.15) is 64.7 Å². The van der Waals surface area contributed by atoms with E-state index in [1.807, 2.05) is 0 Å². The third-order valence-electron chi connectivity index (χ3n) is 6.02. The van der Waals surface area contributed by atoms with Crippen LogP contribution in [-0.2, 0) is 0 Å². The zero-order valence-corrected chi connectivity index (χ0v) is 14.0. The molecule has 122 valence electrons. The van der Waals surface area contributed by atoms with Crippen LogP contribution in [0.3, 0.4) is 0 Å². The first-order chi connectivity index (χ1) is 10.4. The minimum Gasteiger partial charge on any atom is -0.313 e. The third-order valence-corrected chi connectivity index (χ3v) is 6.02. The molecule has 3 fully saturated rings. The zero-order chi connectivity index (χ0) is 14.5. The second-order valence-electron chi connectivity index (χ2n) is 7.40. The molecule has 1 aliphatic carbocycles. The average Bonchev–Trinajstić information content (AvgIpc) is 3.12. The predicted molar refractivity (Wildman–Crippen MR) is 89.7 cm³/mol. The first-order valence-corrected chi connectivity index (χ1v) is 9.60. The number of rotatable bonds is 4. The molecule has 0 amide bonds. The molecule has 3 nitrogen and oxygen atoms in total. The molecule has 0 bridgehead atoms. The lowest BCUT2D eigenvalue weighted by molar-refractivity contribution is 0.147. The van der Waals surface area contributed by atoms with Gasteiger partial charge in [-0.25, -0.2) is 0 Å². The summed E-state index contributed by atoms with van der Waals surface area (Å²) >= 11 is 0. The Balaban J connectivity index is 1.59. The van der Waals surface area contributed by atoms with Gasteiger partial charge in [0.15, 0.2) is 0 Å². The lowest BCUT2D eigenvalue weighted by Gasteiger charge is -2.37. The Morgan fingerprint density at radius 3 is 2.33 bits per heavy atom. The van der Waals surface area contributed by atoms with Crippen LogP contribution in [0.25, 0.3) is 0 Å². The smallest absolute Gasteiger partial charge is 0.0250 e. The molecule has 3 aliphatic rings. The van der Waals surface area contributed by atoms with Gasteiger partial charge < -0.3 is 5.32 Å². The average molecular weight is 293 g/mol. The number of hydrogen-bond acceptors (Lipinski definition) is 3. The topological polar surface area (TPSA) is 18.5 Å². The van der Waals surface area contributed by atoms with Crippen molar-refractivity contribution in [3.63, 3.8) is 0 Å². The molecule has 0 spiro atoms. The van der Waals surface area contributed by atoms with Crippen LogP contribution < -0.4 is 5.32 Å². The van der Waals surface area contributed by atoms with Gasteiger partial charge in [-0.15, -0.1) is 0 Å². The van der Waals surface area contributed by atoms with Crippen molar-refractivity contribution in [3.05, 3.63) is 0 Å². The van der Waals surface area contributed by atoms with Crippen molar-refractivity contribution in [2.24, 2.45) is 0 Å².